The van der Waals surface area contributed by atoms with E-state index < -0.39 is 12.0 Å². The third-order valence-corrected chi connectivity index (χ3v) is 6.77. The molecule has 4 heterocycles. The number of pyridine rings is 1. The maximum absolute atomic E-state index is 11.6. The number of carboxylic acids is 1. The number of nitrogens with zero attached hydrogens (tertiary/aromatic N) is 7. The Hall–Kier alpha value is -4.89. The summed E-state index contributed by atoms with van der Waals surface area (Å²) in [5.41, 5.74) is 3.36. The van der Waals surface area contributed by atoms with Gasteiger partial charge in [-0.25, -0.2) is 19.7 Å². The molecule has 0 unspecified atom stereocenters. The lowest BCUT2D eigenvalue weighted by Crippen LogP contribution is -2.36. The first-order valence-electron chi connectivity index (χ1n) is 13.0. The summed E-state index contributed by atoms with van der Waals surface area (Å²) in [6, 6.07) is 16.1. The lowest BCUT2D eigenvalue weighted by Gasteiger charge is -2.22. The Morgan fingerprint density at radius 2 is 2.10 bits per heavy atom. The Morgan fingerprint density at radius 3 is 2.88 bits per heavy atom. The van der Waals surface area contributed by atoms with E-state index in [0.717, 1.165) is 18.4 Å². The Bertz CT molecular complexity index is 1480. The summed E-state index contributed by atoms with van der Waals surface area (Å²) in [5.74, 6) is 5.93. The minimum Gasteiger partial charge on any atom is -0.480 e. The van der Waals surface area contributed by atoms with Crippen LogP contribution in [0.3, 0.4) is 0 Å². The highest BCUT2D eigenvalue weighted by Gasteiger charge is 2.31. The zero-order chi connectivity index (χ0) is 27.9. The molecular formula is C28H29N9O3. The first-order chi connectivity index (χ1) is 19.5. The average molecular weight is 540 g/mol. The molecule has 5 rings (SSSR count). The molecule has 3 aromatic rings. The minimum absolute atomic E-state index is 0.0788. The van der Waals surface area contributed by atoms with Gasteiger partial charge in [0.15, 0.2) is 0 Å². The van der Waals surface area contributed by atoms with Crippen LogP contribution in [0.4, 0.5) is 11.8 Å². The molecule has 2 aliphatic rings. The van der Waals surface area contributed by atoms with Crippen molar-refractivity contribution in [2.45, 2.75) is 37.9 Å². The van der Waals surface area contributed by atoms with Crippen LogP contribution in [-0.4, -0.2) is 69.8 Å². The van der Waals surface area contributed by atoms with E-state index in [-0.39, 0.29) is 12.6 Å². The number of ether oxygens (including phenoxy) is 1. The van der Waals surface area contributed by atoms with Gasteiger partial charge in [-0.3, -0.25) is 4.99 Å². The maximum Gasteiger partial charge on any atom is 0.326 e. The number of benzene rings is 1. The van der Waals surface area contributed by atoms with Gasteiger partial charge in [-0.1, -0.05) is 18.2 Å². The number of anilines is 2. The molecule has 2 aromatic heterocycles. The van der Waals surface area contributed by atoms with Crippen LogP contribution in [0.25, 0.3) is 11.3 Å². The molecular weight excluding hydrogens is 510 g/mol. The van der Waals surface area contributed by atoms with E-state index >= 15 is 0 Å². The number of hydrogen-bond donors (Lipinski definition) is 3. The van der Waals surface area contributed by atoms with Crippen molar-refractivity contribution in [2.75, 3.05) is 30.0 Å². The van der Waals surface area contributed by atoms with Crippen molar-refractivity contribution < 1.29 is 14.6 Å². The smallest absolute Gasteiger partial charge is 0.326 e. The highest BCUT2D eigenvalue weighted by molar-refractivity contribution is 6.37. The number of hydrogen-bond acceptors (Lipinski definition) is 11. The van der Waals surface area contributed by atoms with Crippen LogP contribution in [0.1, 0.15) is 36.2 Å². The topological polar surface area (TPSA) is 175 Å². The standard InChI is InChI=1S/C28H29N9O3/c29-14-18-4-1-5-19(12-18)22-13-23(35-28(34-22)33-21-9-11-40-17-21)24(36-30)16-31-15-20-6-2-8-26(32-20)37-10-3-7-25(37)27(38)39/h1-2,4-6,8,12-13,16,21,25H,3,7,9-11,15,17,30H2,(H,38,39)(H,33,34,35)/t21-,25+/m1/s1. The first-order valence-corrected chi connectivity index (χ1v) is 13.0. The maximum atomic E-state index is 11.6. The van der Waals surface area contributed by atoms with E-state index in [1.807, 2.05) is 29.2 Å². The third-order valence-electron chi connectivity index (χ3n) is 6.77. The van der Waals surface area contributed by atoms with Crippen molar-refractivity contribution in [3.05, 3.63) is 65.5 Å². The first kappa shape index (κ1) is 26.7. The molecule has 4 N–H and O–H groups in total. The second-order valence-corrected chi connectivity index (χ2v) is 9.52. The van der Waals surface area contributed by atoms with Gasteiger partial charge >= 0.3 is 5.97 Å². The fourth-order valence-corrected chi connectivity index (χ4v) is 4.77. The average Bonchev–Trinajstić information content (AvgIpc) is 3.68. The Balaban J connectivity index is 1.38. The van der Waals surface area contributed by atoms with Gasteiger partial charge in [0, 0.05) is 18.7 Å². The molecule has 0 spiro atoms. The summed E-state index contributed by atoms with van der Waals surface area (Å²) in [5, 5.41) is 26.1. The zero-order valence-corrected chi connectivity index (χ0v) is 21.8. The molecule has 2 aliphatic heterocycles. The normalized spacial score (nSPS) is 19.2. The zero-order valence-electron chi connectivity index (χ0n) is 21.8. The number of carbonyl (C=O) groups is 1. The predicted molar refractivity (Wildman–Crippen MR) is 150 cm³/mol. The number of aliphatic carboxylic acids is 1. The van der Waals surface area contributed by atoms with E-state index in [0.29, 0.717) is 66.3 Å². The molecule has 12 heteroatoms. The van der Waals surface area contributed by atoms with Crippen molar-refractivity contribution in [1.29, 1.82) is 5.26 Å². The molecule has 1 aromatic carbocycles. The van der Waals surface area contributed by atoms with Gasteiger partial charge in [-0.05, 0) is 49.6 Å². The van der Waals surface area contributed by atoms with Crippen LogP contribution in [0.15, 0.2) is 58.6 Å². The summed E-state index contributed by atoms with van der Waals surface area (Å²) < 4.78 is 5.47. The highest BCUT2D eigenvalue weighted by atomic mass is 16.5. The Labute approximate surface area is 231 Å². The highest BCUT2D eigenvalue weighted by Crippen LogP contribution is 2.25. The molecule has 0 amide bonds. The molecule has 2 fully saturated rings. The van der Waals surface area contributed by atoms with E-state index in [2.05, 4.69) is 36.4 Å². The van der Waals surface area contributed by atoms with Crippen molar-refractivity contribution in [3.63, 3.8) is 0 Å². The van der Waals surface area contributed by atoms with Gasteiger partial charge in [0.2, 0.25) is 5.95 Å². The van der Waals surface area contributed by atoms with E-state index in [1.165, 1.54) is 6.21 Å². The van der Waals surface area contributed by atoms with Crippen molar-refractivity contribution >= 4 is 29.7 Å². The molecule has 2 atom stereocenters. The summed E-state index contributed by atoms with van der Waals surface area (Å²) >= 11 is 0. The Kier molecular flexibility index (Phi) is 8.22. The molecule has 0 saturated carbocycles. The number of aliphatic imine (C=N–C) groups is 1. The summed E-state index contributed by atoms with van der Waals surface area (Å²) in [7, 11) is 0. The monoisotopic (exact) mass is 539 g/mol. The molecule has 2 saturated heterocycles. The fraction of sp³-hybridized carbons (Fsp3) is 0.321. The van der Waals surface area contributed by atoms with Crippen molar-refractivity contribution in [1.82, 2.24) is 15.0 Å². The molecule has 0 bridgehead atoms. The van der Waals surface area contributed by atoms with Crippen LogP contribution in [-0.2, 0) is 16.1 Å². The van der Waals surface area contributed by atoms with Crippen molar-refractivity contribution in [2.24, 2.45) is 15.9 Å². The van der Waals surface area contributed by atoms with E-state index in [4.69, 9.17) is 10.6 Å². The minimum atomic E-state index is -0.843. The second kappa shape index (κ2) is 12.3. The number of rotatable bonds is 9. The Morgan fingerprint density at radius 1 is 1.23 bits per heavy atom. The summed E-state index contributed by atoms with van der Waals surface area (Å²) in [4.78, 5) is 31.8. The number of hydrazone groups is 1. The van der Waals surface area contributed by atoms with E-state index in [9.17, 15) is 15.2 Å². The second-order valence-electron chi connectivity index (χ2n) is 9.52. The quantitative estimate of drug-likeness (QED) is 0.208. The van der Waals surface area contributed by atoms with Gasteiger partial charge in [0.05, 0.1) is 54.1 Å². The molecule has 40 heavy (non-hydrogen) atoms. The number of nitriles is 1. The largest absolute Gasteiger partial charge is 0.480 e. The SMILES string of the molecule is N#Cc1cccc(-c2cc(C(C=NCc3cccc(N4CCC[C@H]4C(=O)O)n3)=NN)nc(N[C@@H]3CCOC3)n2)c1. The number of nitrogens with two attached hydrogens (primary N) is 1. The third kappa shape index (κ3) is 6.22. The molecule has 204 valence electrons. The van der Waals surface area contributed by atoms with E-state index in [1.54, 1.807) is 24.3 Å². The van der Waals surface area contributed by atoms with Gasteiger partial charge in [0.1, 0.15) is 17.6 Å². The molecule has 0 radical (unpaired) electrons. The van der Waals surface area contributed by atoms with Gasteiger partial charge in [0.25, 0.3) is 0 Å². The lowest BCUT2D eigenvalue weighted by atomic mass is 10.1. The fourth-order valence-electron chi connectivity index (χ4n) is 4.77. The van der Waals surface area contributed by atoms with Gasteiger partial charge in [-0.2, -0.15) is 10.4 Å². The lowest BCUT2D eigenvalue weighted by molar-refractivity contribution is -0.138. The van der Waals surface area contributed by atoms with Crippen LogP contribution >= 0.6 is 0 Å². The van der Waals surface area contributed by atoms with Gasteiger partial charge in [-0.15, -0.1) is 0 Å². The number of aromatic nitrogens is 3. The van der Waals surface area contributed by atoms with Crippen molar-refractivity contribution in [3.8, 4) is 17.3 Å². The number of nitrogens with one attached hydrogen (secondary N) is 1. The van der Waals surface area contributed by atoms with Crippen LogP contribution in [0, 0.1) is 11.3 Å². The van der Waals surface area contributed by atoms with Crippen LogP contribution in [0.5, 0.6) is 0 Å². The summed E-state index contributed by atoms with van der Waals surface area (Å²) in [6.07, 6.45) is 3.78. The predicted octanol–water partition coefficient (Wildman–Crippen LogP) is 2.60. The molecule has 0 aliphatic carbocycles. The summed E-state index contributed by atoms with van der Waals surface area (Å²) in [6.45, 7) is 2.12. The number of carboxylic acid groups (broad SMARTS) is 1. The van der Waals surface area contributed by atoms with Crippen LogP contribution < -0.4 is 16.1 Å². The molecule has 12 nitrogen and oxygen atoms in total. The van der Waals surface area contributed by atoms with Crippen LogP contribution in [0.2, 0.25) is 0 Å². The van der Waals surface area contributed by atoms with Gasteiger partial charge < -0.3 is 25.9 Å².